The summed E-state index contributed by atoms with van der Waals surface area (Å²) in [6, 6.07) is 8.63. The molecule has 1 N–H and O–H groups in total. The van der Waals surface area contributed by atoms with Gasteiger partial charge in [-0.15, -0.1) is 0 Å². The van der Waals surface area contributed by atoms with Gasteiger partial charge in [0.2, 0.25) is 0 Å². The van der Waals surface area contributed by atoms with Crippen molar-refractivity contribution in [2.45, 2.75) is 69.1 Å². The number of hydrogen-bond donors (Lipinski definition) is 1. The van der Waals surface area contributed by atoms with Crippen LogP contribution < -0.4 is 5.32 Å². The normalized spacial score (nSPS) is 27.5. The lowest BCUT2D eigenvalue weighted by Gasteiger charge is -2.36. The summed E-state index contributed by atoms with van der Waals surface area (Å²) in [5, 5.41) is 3.90. The van der Waals surface area contributed by atoms with Gasteiger partial charge in [-0.25, -0.2) is 0 Å². The molecule has 1 fully saturated rings. The molecular formula is C18H29NOS. The van der Waals surface area contributed by atoms with E-state index in [0.29, 0.717) is 6.04 Å². The van der Waals surface area contributed by atoms with Crippen LogP contribution in [0.4, 0.5) is 0 Å². The maximum absolute atomic E-state index is 13.0. The summed E-state index contributed by atoms with van der Waals surface area (Å²) in [6.45, 7) is 7.56. The van der Waals surface area contributed by atoms with Crippen LogP contribution in [-0.4, -0.2) is 22.0 Å². The molecule has 4 atom stereocenters. The van der Waals surface area contributed by atoms with Crippen LogP contribution in [0.3, 0.4) is 0 Å². The maximum Gasteiger partial charge on any atom is 0.0576 e. The van der Waals surface area contributed by atoms with Crippen LogP contribution in [0.25, 0.3) is 0 Å². The van der Waals surface area contributed by atoms with Gasteiger partial charge >= 0.3 is 0 Å². The second kappa shape index (κ2) is 8.09. The molecule has 0 amide bonds. The number of benzene rings is 1. The van der Waals surface area contributed by atoms with Gasteiger partial charge in [0.15, 0.2) is 0 Å². The molecule has 1 saturated carbocycles. The van der Waals surface area contributed by atoms with Crippen molar-refractivity contribution >= 4 is 10.8 Å². The van der Waals surface area contributed by atoms with Crippen LogP contribution in [-0.2, 0) is 10.8 Å². The van der Waals surface area contributed by atoms with Crippen LogP contribution >= 0.6 is 0 Å². The van der Waals surface area contributed by atoms with Crippen LogP contribution in [0.1, 0.15) is 51.5 Å². The molecule has 1 aromatic rings. The SMILES string of the molecule is CCCNC1CCC(CC)CC1S(=O)c1ccc(C)cc1. The van der Waals surface area contributed by atoms with Gasteiger partial charge in [0.1, 0.15) is 0 Å². The van der Waals surface area contributed by atoms with E-state index in [-0.39, 0.29) is 5.25 Å². The molecule has 1 aliphatic rings. The smallest absolute Gasteiger partial charge is 0.0576 e. The van der Waals surface area contributed by atoms with Crippen LogP contribution in [0.15, 0.2) is 29.2 Å². The van der Waals surface area contributed by atoms with Gasteiger partial charge in [-0.2, -0.15) is 0 Å². The van der Waals surface area contributed by atoms with E-state index in [9.17, 15) is 4.21 Å². The van der Waals surface area contributed by atoms with Gasteiger partial charge in [-0.1, -0.05) is 38.0 Å². The van der Waals surface area contributed by atoms with E-state index in [1.54, 1.807) is 0 Å². The van der Waals surface area contributed by atoms with Gasteiger partial charge in [0.25, 0.3) is 0 Å². The minimum atomic E-state index is -0.896. The highest BCUT2D eigenvalue weighted by molar-refractivity contribution is 7.85. The molecule has 0 saturated heterocycles. The van der Waals surface area contributed by atoms with Crippen molar-refractivity contribution in [1.29, 1.82) is 0 Å². The molecule has 21 heavy (non-hydrogen) atoms. The molecule has 2 nitrogen and oxygen atoms in total. The first-order valence-electron chi connectivity index (χ1n) is 8.36. The zero-order valence-electron chi connectivity index (χ0n) is 13.6. The minimum Gasteiger partial charge on any atom is -0.313 e. The van der Waals surface area contributed by atoms with Crippen molar-refractivity contribution in [2.24, 2.45) is 5.92 Å². The van der Waals surface area contributed by atoms with Gasteiger partial charge < -0.3 is 5.32 Å². The van der Waals surface area contributed by atoms with E-state index in [0.717, 1.165) is 30.2 Å². The van der Waals surface area contributed by atoms with Crippen LogP contribution in [0.5, 0.6) is 0 Å². The Morgan fingerprint density at radius 3 is 2.52 bits per heavy atom. The Hall–Kier alpha value is -0.670. The molecule has 0 bridgehead atoms. The topological polar surface area (TPSA) is 29.1 Å². The fourth-order valence-corrected chi connectivity index (χ4v) is 4.96. The minimum absolute atomic E-state index is 0.262. The lowest BCUT2D eigenvalue weighted by atomic mass is 9.84. The van der Waals surface area contributed by atoms with Crippen LogP contribution in [0.2, 0.25) is 0 Å². The van der Waals surface area contributed by atoms with E-state index in [1.807, 2.05) is 12.1 Å². The average Bonchev–Trinajstić information content (AvgIpc) is 2.53. The van der Waals surface area contributed by atoms with E-state index < -0.39 is 10.8 Å². The Kier molecular flexibility index (Phi) is 6.43. The standard InChI is InChI=1S/C18H29NOS/c1-4-12-19-17-11-8-15(5-2)13-18(17)21(20)16-9-6-14(3)7-10-16/h6-7,9-10,15,17-19H,4-5,8,11-13H2,1-3H3. The van der Waals surface area contributed by atoms with Gasteiger partial charge in [-0.3, -0.25) is 4.21 Å². The number of rotatable bonds is 6. The second-order valence-corrected chi connectivity index (χ2v) is 7.97. The third-order valence-corrected chi connectivity index (χ3v) is 6.47. The summed E-state index contributed by atoms with van der Waals surface area (Å²) in [7, 11) is -0.896. The molecule has 0 aliphatic heterocycles. The lowest BCUT2D eigenvalue weighted by Crippen LogP contribution is -2.46. The summed E-state index contributed by atoms with van der Waals surface area (Å²) in [5.74, 6) is 0.740. The summed E-state index contributed by atoms with van der Waals surface area (Å²) in [4.78, 5) is 0.991. The quantitative estimate of drug-likeness (QED) is 0.859. The lowest BCUT2D eigenvalue weighted by molar-refractivity contribution is 0.292. The maximum atomic E-state index is 13.0. The molecule has 0 heterocycles. The van der Waals surface area contributed by atoms with E-state index in [1.165, 1.54) is 24.8 Å². The molecule has 0 aromatic heterocycles. The molecule has 0 spiro atoms. The highest BCUT2D eigenvalue weighted by atomic mass is 32.2. The zero-order chi connectivity index (χ0) is 15.2. The number of nitrogens with one attached hydrogen (secondary N) is 1. The van der Waals surface area contributed by atoms with Gasteiger partial charge in [0, 0.05) is 10.9 Å². The Morgan fingerprint density at radius 1 is 1.19 bits per heavy atom. The molecular weight excluding hydrogens is 278 g/mol. The Balaban J connectivity index is 2.13. The summed E-state index contributed by atoms with van der Waals surface area (Å²) < 4.78 is 13.0. The molecule has 4 unspecified atom stereocenters. The predicted molar refractivity (Wildman–Crippen MR) is 91.1 cm³/mol. The van der Waals surface area contributed by atoms with Crippen molar-refractivity contribution in [1.82, 2.24) is 5.32 Å². The number of hydrogen-bond acceptors (Lipinski definition) is 2. The number of aryl methyl sites for hydroxylation is 1. The van der Waals surface area contributed by atoms with Crippen molar-refractivity contribution in [3.05, 3.63) is 29.8 Å². The summed E-state index contributed by atoms with van der Waals surface area (Å²) in [6.07, 6.45) is 5.89. The molecule has 1 aromatic carbocycles. The van der Waals surface area contributed by atoms with Gasteiger partial charge in [-0.05, 0) is 57.2 Å². The first-order valence-corrected chi connectivity index (χ1v) is 9.57. The largest absolute Gasteiger partial charge is 0.313 e. The average molecular weight is 308 g/mol. The third-order valence-electron chi connectivity index (χ3n) is 4.66. The highest BCUT2D eigenvalue weighted by Gasteiger charge is 2.33. The fourth-order valence-electron chi connectivity index (χ4n) is 3.23. The van der Waals surface area contributed by atoms with E-state index in [2.05, 4.69) is 38.2 Å². The summed E-state index contributed by atoms with van der Waals surface area (Å²) >= 11 is 0. The molecule has 118 valence electrons. The fraction of sp³-hybridized carbons (Fsp3) is 0.667. The third kappa shape index (κ3) is 4.40. The van der Waals surface area contributed by atoms with Crippen molar-refractivity contribution in [3.63, 3.8) is 0 Å². The van der Waals surface area contributed by atoms with E-state index in [4.69, 9.17) is 0 Å². The highest BCUT2D eigenvalue weighted by Crippen LogP contribution is 2.32. The Bertz CT molecular complexity index is 457. The Labute approximate surface area is 132 Å². The zero-order valence-corrected chi connectivity index (χ0v) is 14.4. The van der Waals surface area contributed by atoms with Crippen molar-refractivity contribution in [3.8, 4) is 0 Å². The van der Waals surface area contributed by atoms with Crippen LogP contribution in [0, 0.1) is 12.8 Å². The molecule has 0 radical (unpaired) electrons. The van der Waals surface area contributed by atoms with Gasteiger partial charge in [0.05, 0.1) is 16.0 Å². The van der Waals surface area contributed by atoms with Crippen molar-refractivity contribution < 1.29 is 4.21 Å². The molecule has 2 rings (SSSR count). The summed E-state index contributed by atoms with van der Waals surface area (Å²) in [5.41, 5.74) is 1.23. The molecule has 1 aliphatic carbocycles. The van der Waals surface area contributed by atoms with E-state index >= 15 is 0 Å². The predicted octanol–water partition coefficient (Wildman–Crippen LogP) is 4.05. The second-order valence-electron chi connectivity index (χ2n) is 6.30. The monoisotopic (exact) mass is 307 g/mol. The first-order chi connectivity index (χ1) is 10.2. The Morgan fingerprint density at radius 2 is 1.90 bits per heavy atom. The van der Waals surface area contributed by atoms with Crippen molar-refractivity contribution in [2.75, 3.05) is 6.54 Å². The molecule has 3 heteroatoms. The first kappa shape index (κ1) is 16.7.